The van der Waals surface area contributed by atoms with E-state index < -0.39 is 0 Å². The minimum atomic E-state index is -0.248. The summed E-state index contributed by atoms with van der Waals surface area (Å²) >= 11 is 3.38. The Morgan fingerprint density at radius 2 is 2.25 bits per heavy atom. The van der Waals surface area contributed by atoms with Gasteiger partial charge in [-0.3, -0.25) is 4.68 Å². The molecule has 20 heavy (non-hydrogen) atoms. The molecular formula is C14H17BrFN3O. The van der Waals surface area contributed by atoms with Crippen LogP contribution in [-0.2, 0) is 17.8 Å². The molecule has 2 rings (SSSR count). The standard InChI is InChI=1S/C14H17BrFN3O/c1-20-7-6-17-9-13-4-5-18-19(13)10-11-2-3-12(16)8-14(11)15/h2-5,8,17H,6-7,9-10H2,1H3. The first-order valence-electron chi connectivity index (χ1n) is 6.35. The number of nitrogens with one attached hydrogen (secondary N) is 1. The van der Waals surface area contributed by atoms with Crippen molar-refractivity contribution in [2.75, 3.05) is 20.3 Å². The SMILES string of the molecule is COCCNCc1ccnn1Cc1ccc(F)cc1Br. The molecule has 0 radical (unpaired) electrons. The fourth-order valence-electron chi connectivity index (χ4n) is 1.85. The van der Waals surface area contributed by atoms with Crippen molar-refractivity contribution in [2.24, 2.45) is 0 Å². The second kappa shape index (κ2) is 7.52. The van der Waals surface area contributed by atoms with Crippen molar-refractivity contribution in [2.45, 2.75) is 13.1 Å². The fraction of sp³-hybridized carbons (Fsp3) is 0.357. The number of ether oxygens (including phenoxy) is 1. The fourth-order valence-corrected chi connectivity index (χ4v) is 2.33. The highest BCUT2D eigenvalue weighted by atomic mass is 79.9. The van der Waals surface area contributed by atoms with Crippen LogP contribution >= 0.6 is 15.9 Å². The van der Waals surface area contributed by atoms with Crippen molar-refractivity contribution in [1.29, 1.82) is 0 Å². The summed E-state index contributed by atoms with van der Waals surface area (Å²) in [6, 6.07) is 6.66. The molecule has 0 atom stereocenters. The molecular weight excluding hydrogens is 325 g/mol. The Labute approximate surface area is 126 Å². The van der Waals surface area contributed by atoms with Gasteiger partial charge in [-0.05, 0) is 23.8 Å². The first-order valence-corrected chi connectivity index (χ1v) is 7.14. The zero-order valence-corrected chi connectivity index (χ0v) is 12.9. The molecule has 0 saturated carbocycles. The van der Waals surface area contributed by atoms with Gasteiger partial charge in [0.2, 0.25) is 0 Å². The zero-order valence-electron chi connectivity index (χ0n) is 11.3. The zero-order chi connectivity index (χ0) is 14.4. The molecule has 0 spiro atoms. The molecule has 1 aromatic heterocycles. The molecule has 1 N–H and O–H groups in total. The highest BCUT2D eigenvalue weighted by Crippen LogP contribution is 2.19. The average Bonchev–Trinajstić information content (AvgIpc) is 2.85. The predicted molar refractivity (Wildman–Crippen MR) is 79.0 cm³/mol. The van der Waals surface area contributed by atoms with Crippen LogP contribution < -0.4 is 5.32 Å². The van der Waals surface area contributed by atoms with E-state index in [9.17, 15) is 4.39 Å². The maximum Gasteiger partial charge on any atom is 0.124 e. The first-order chi connectivity index (χ1) is 9.70. The number of nitrogens with zero attached hydrogens (tertiary/aromatic N) is 2. The van der Waals surface area contributed by atoms with E-state index >= 15 is 0 Å². The van der Waals surface area contributed by atoms with E-state index in [0.717, 1.165) is 28.8 Å². The molecule has 0 bridgehead atoms. The molecule has 0 aliphatic heterocycles. The van der Waals surface area contributed by atoms with Crippen LogP contribution in [-0.4, -0.2) is 30.0 Å². The van der Waals surface area contributed by atoms with E-state index in [0.29, 0.717) is 13.2 Å². The highest BCUT2D eigenvalue weighted by Gasteiger charge is 2.06. The molecule has 1 aromatic carbocycles. The summed E-state index contributed by atoms with van der Waals surface area (Å²) in [4.78, 5) is 0. The van der Waals surface area contributed by atoms with Crippen LogP contribution in [0.2, 0.25) is 0 Å². The Morgan fingerprint density at radius 3 is 3.00 bits per heavy atom. The van der Waals surface area contributed by atoms with Gasteiger partial charge in [0.1, 0.15) is 5.82 Å². The van der Waals surface area contributed by atoms with Gasteiger partial charge in [0.15, 0.2) is 0 Å². The molecule has 108 valence electrons. The van der Waals surface area contributed by atoms with E-state index in [-0.39, 0.29) is 5.82 Å². The quantitative estimate of drug-likeness (QED) is 0.786. The van der Waals surface area contributed by atoms with Crippen LogP contribution in [0.1, 0.15) is 11.3 Å². The van der Waals surface area contributed by atoms with Gasteiger partial charge in [-0.2, -0.15) is 5.10 Å². The Morgan fingerprint density at radius 1 is 1.40 bits per heavy atom. The van der Waals surface area contributed by atoms with Gasteiger partial charge < -0.3 is 10.1 Å². The highest BCUT2D eigenvalue weighted by molar-refractivity contribution is 9.10. The number of aromatic nitrogens is 2. The van der Waals surface area contributed by atoms with Crippen LogP contribution in [0.3, 0.4) is 0 Å². The summed E-state index contributed by atoms with van der Waals surface area (Å²) in [6.07, 6.45) is 1.77. The monoisotopic (exact) mass is 341 g/mol. The van der Waals surface area contributed by atoms with E-state index in [1.807, 2.05) is 10.7 Å². The van der Waals surface area contributed by atoms with Gasteiger partial charge in [-0.25, -0.2) is 4.39 Å². The third kappa shape index (κ3) is 4.13. The van der Waals surface area contributed by atoms with Gasteiger partial charge in [0.05, 0.1) is 18.8 Å². The lowest BCUT2D eigenvalue weighted by Crippen LogP contribution is -2.21. The third-order valence-electron chi connectivity index (χ3n) is 2.93. The minimum Gasteiger partial charge on any atom is -0.383 e. The van der Waals surface area contributed by atoms with Crippen molar-refractivity contribution in [3.05, 3.63) is 52.0 Å². The largest absolute Gasteiger partial charge is 0.383 e. The van der Waals surface area contributed by atoms with Crippen molar-refractivity contribution in [3.8, 4) is 0 Å². The van der Waals surface area contributed by atoms with Crippen molar-refractivity contribution >= 4 is 15.9 Å². The molecule has 1 heterocycles. The summed E-state index contributed by atoms with van der Waals surface area (Å²) in [5, 5.41) is 7.59. The van der Waals surface area contributed by atoms with Gasteiger partial charge in [0.25, 0.3) is 0 Å². The van der Waals surface area contributed by atoms with Gasteiger partial charge >= 0.3 is 0 Å². The summed E-state index contributed by atoms with van der Waals surface area (Å²) in [5.74, 6) is -0.248. The van der Waals surface area contributed by atoms with Crippen LogP contribution in [0.4, 0.5) is 4.39 Å². The maximum absolute atomic E-state index is 13.1. The van der Waals surface area contributed by atoms with Crippen LogP contribution in [0, 0.1) is 5.82 Å². The predicted octanol–water partition coefficient (Wildman–Crippen LogP) is 2.57. The number of benzene rings is 1. The minimum absolute atomic E-state index is 0.248. The van der Waals surface area contributed by atoms with Gasteiger partial charge in [-0.15, -0.1) is 0 Å². The van der Waals surface area contributed by atoms with Crippen molar-refractivity contribution in [3.63, 3.8) is 0 Å². The first kappa shape index (κ1) is 15.2. The second-order valence-corrected chi connectivity index (χ2v) is 5.24. The molecule has 0 aliphatic rings. The summed E-state index contributed by atoms with van der Waals surface area (Å²) < 4.78 is 20.7. The summed E-state index contributed by atoms with van der Waals surface area (Å²) in [6.45, 7) is 2.80. The third-order valence-corrected chi connectivity index (χ3v) is 3.67. The lowest BCUT2D eigenvalue weighted by atomic mass is 10.2. The van der Waals surface area contributed by atoms with Crippen molar-refractivity contribution < 1.29 is 9.13 Å². The second-order valence-electron chi connectivity index (χ2n) is 4.39. The molecule has 4 nitrogen and oxygen atoms in total. The van der Waals surface area contributed by atoms with E-state index in [4.69, 9.17) is 4.74 Å². The Bertz CT molecular complexity index is 559. The number of hydrogen-bond donors (Lipinski definition) is 1. The number of halogens is 2. The van der Waals surface area contributed by atoms with Crippen molar-refractivity contribution in [1.82, 2.24) is 15.1 Å². The number of rotatable bonds is 7. The van der Waals surface area contributed by atoms with Crippen LogP contribution in [0.25, 0.3) is 0 Å². The molecule has 0 saturated heterocycles. The molecule has 2 aromatic rings. The van der Waals surface area contributed by atoms with Crippen LogP contribution in [0.15, 0.2) is 34.9 Å². The Kier molecular flexibility index (Phi) is 5.70. The topological polar surface area (TPSA) is 39.1 Å². The van der Waals surface area contributed by atoms with E-state index in [1.165, 1.54) is 12.1 Å². The van der Waals surface area contributed by atoms with E-state index in [2.05, 4.69) is 26.3 Å². The Hall–Kier alpha value is -1.24. The van der Waals surface area contributed by atoms with E-state index in [1.54, 1.807) is 19.4 Å². The van der Waals surface area contributed by atoms with Gasteiger partial charge in [-0.1, -0.05) is 22.0 Å². The van der Waals surface area contributed by atoms with Gasteiger partial charge in [0, 0.05) is 30.9 Å². The molecule has 0 fully saturated rings. The lowest BCUT2D eigenvalue weighted by molar-refractivity contribution is 0.199. The average molecular weight is 342 g/mol. The Balaban J connectivity index is 2.01. The molecule has 0 unspecified atom stereocenters. The number of methoxy groups -OCH3 is 1. The lowest BCUT2D eigenvalue weighted by Gasteiger charge is -2.10. The normalized spacial score (nSPS) is 10.9. The van der Waals surface area contributed by atoms with Crippen LogP contribution in [0.5, 0.6) is 0 Å². The molecule has 6 heteroatoms. The summed E-state index contributed by atoms with van der Waals surface area (Å²) in [5.41, 5.74) is 2.07. The molecule has 0 aliphatic carbocycles. The summed E-state index contributed by atoms with van der Waals surface area (Å²) in [7, 11) is 1.68. The molecule has 0 amide bonds. The maximum atomic E-state index is 13.1. The number of hydrogen-bond acceptors (Lipinski definition) is 3. The smallest absolute Gasteiger partial charge is 0.124 e.